The second-order valence-electron chi connectivity index (χ2n) is 8.09. The Morgan fingerprint density at radius 2 is 1.77 bits per heavy atom. The summed E-state index contributed by atoms with van der Waals surface area (Å²) >= 11 is 5.96. The molecule has 3 aliphatic rings. The third-order valence-corrected chi connectivity index (χ3v) is 6.55. The third-order valence-electron chi connectivity index (χ3n) is 6.30. The van der Waals surface area contributed by atoms with Gasteiger partial charge in [-0.1, -0.05) is 30.7 Å². The zero-order valence-electron chi connectivity index (χ0n) is 15.2. The molecule has 4 rings (SSSR count). The lowest BCUT2D eigenvalue weighted by atomic mass is 9.81. The molecule has 6 heteroatoms. The fourth-order valence-corrected chi connectivity index (χ4v) is 4.62. The van der Waals surface area contributed by atoms with Gasteiger partial charge in [-0.25, -0.2) is 0 Å². The molecule has 0 bridgehead atoms. The molecule has 140 valence electrons. The van der Waals surface area contributed by atoms with E-state index in [1.165, 1.54) is 0 Å². The van der Waals surface area contributed by atoms with Crippen molar-refractivity contribution >= 4 is 23.4 Å². The quantitative estimate of drug-likeness (QED) is 0.882. The summed E-state index contributed by atoms with van der Waals surface area (Å²) in [5.41, 5.74) is 0.291. The smallest absolute Gasteiger partial charge is 0.251 e. The maximum atomic E-state index is 13.4. The van der Waals surface area contributed by atoms with Crippen LogP contribution >= 0.6 is 11.6 Å². The number of carbonyl (C=O) groups excluding carboxylic acids is 2. The zero-order valence-corrected chi connectivity index (χ0v) is 16.0. The SMILES string of the molecule is CC1CCC(N2CC(=O)N(Cc3ccc(Cl)cc3)C3(CNC3)C2=O)CC1. The summed E-state index contributed by atoms with van der Waals surface area (Å²) in [4.78, 5) is 30.1. The van der Waals surface area contributed by atoms with Crippen LogP contribution in [0.2, 0.25) is 5.02 Å². The van der Waals surface area contributed by atoms with Gasteiger partial charge in [-0.15, -0.1) is 0 Å². The lowest BCUT2D eigenvalue weighted by Crippen LogP contribution is -2.80. The molecule has 1 spiro atoms. The van der Waals surface area contributed by atoms with Gasteiger partial charge in [-0.2, -0.15) is 0 Å². The van der Waals surface area contributed by atoms with E-state index < -0.39 is 5.54 Å². The molecule has 1 aromatic carbocycles. The first-order valence-corrected chi connectivity index (χ1v) is 9.94. The highest BCUT2D eigenvalue weighted by atomic mass is 35.5. The van der Waals surface area contributed by atoms with Crippen molar-refractivity contribution in [1.29, 1.82) is 0 Å². The van der Waals surface area contributed by atoms with E-state index in [1.807, 2.05) is 29.2 Å². The van der Waals surface area contributed by atoms with Crippen molar-refractivity contribution in [2.45, 2.75) is 50.7 Å². The van der Waals surface area contributed by atoms with Gasteiger partial charge in [0.05, 0.1) is 0 Å². The maximum Gasteiger partial charge on any atom is 0.251 e. The van der Waals surface area contributed by atoms with Crippen molar-refractivity contribution in [3.05, 3.63) is 34.9 Å². The molecule has 0 unspecified atom stereocenters. The highest BCUT2D eigenvalue weighted by Gasteiger charge is 2.57. The van der Waals surface area contributed by atoms with E-state index in [9.17, 15) is 9.59 Å². The fraction of sp³-hybridized carbons (Fsp3) is 0.600. The molecule has 3 fully saturated rings. The van der Waals surface area contributed by atoms with Crippen LogP contribution in [0.25, 0.3) is 0 Å². The van der Waals surface area contributed by atoms with E-state index in [0.717, 1.165) is 37.2 Å². The van der Waals surface area contributed by atoms with Gasteiger partial charge in [0.1, 0.15) is 12.1 Å². The first-order valence-electron chi connectivity index (χ1n) is 9.56. The Morgan fingerprint density at radius 1 is 1.12 bits per heavy atom. The van der Waals surface area contributed by atoms with Gasteiger partial charge in [-0.3, -0.25) is 9.59 Å². The predicted octanol–water partition coefficient (Wildman–Crippen LogP) is 2.43. The van der Waals surface area contributed by atoms with Crippen LogP contribution in [0, 0.1) is 5.92 Å². The lowest BCUT2D eigenvalue weighted by Gasteiger charge is -2.56. The van der Waals surface area contributed by atoms with Crippen LogP contribution in [-0.2, 0) is 16.1 Å². The van der Waals surface area contributed by atoms with Gasteiger partial charge in [-0.05, 0) is 49.3 Å². The average Bonchev–Trinajstić information content (AvgIpc) is 2.59. The van der Waals surface area contributed by atoms with Crippen LogP contribution in [0.4, 0.5) is 0 Å². The topological polar surface area (TPSA) is 52.7 Å². The lowest BCUT2D eigenvalue weighted by molar-refractivity contribution is -0.173. The number of benzene rings is 1. The van der Waals surface area contributed by atoms with Crippen molar-refractivity contribution in [2.24, 2.45) is 5.92 Å². The Labute approximate surface area is 159 Å². The molecule has 1 aromatic rings. The van der Waals surface area contributed by atoms with Gasteiger partial charge < -0.3 is 15.1 Å². The third kappa shape index (κ3) is 3.01. The maximum absolute atomic E-state index is 13.4. The number of hydrogen-bond acceptors (Lipinski definition) is 3. The minimum absolute atomic E-state index is 0.0553. The number of amides is 2. The Kier molecular flexibility index (Phi) is 4.70. The molecule has 1 N–H and O–H groups in total. The van der Waals surface area contributed by atoms with Gasteiger partial charge >= 0.3 is 0 Å². The van der Waals surface area contributed by atoms with Gasteiger partial charge in [0.15, 0.2) is 0 Å². The van der Waals surface area contributed by atoms with E-state index in [1.54, 1.807) is 4.90 Å². The summed E-state index contributed by atoms with van der Waals surface area (Å²) in [6.45, 7) is 4.03. The number of piperazine rings is 1. The number of nitrogens with zero attached hydrogens (tertiary/aromatic N) is 2. The monoisotopic (exact) mass is 375 g/mol. The first kappa shape index (κ1) is 17.8. The molecule has 26 heavy (non-hydrogen) atoms. The van der Waals surface area contributed by atoms with Gasteiger partial charge in [0.2, 0.25) is 5.91 Å². The highest BCUT2D eigenvalue weighted by molar-refractivity contribution is 6.30. The van der Waals surface area contributed by atoms with Crippen molar-refractivity contribution in [3.8, 4) is 0 Å². The van der Waals surface area contributed by atoms with Gasteiger partial charge in [0, 0.05) is 30.7 Å². The summed E-state index contributed by atoms with van der Waals surface area (Å²) < 4.78 is 0. The van der Waals surface area contributed by atoms with E-state index in [4.69, 9.17) is 11.6 Å². The molecule has 0 radical (unpaired) electrons. The Hall–Kier alpha value is -1.59. The van der Waals surface area contributed by atoms with Crippen LogP contribution in [0.5, 0.6) is 0 Å². The molecule has 2 aliphatic heterocycles. The molecule has 5 nitrogen and oxygen atoms in total. The fourth-order valence-electron chi connectivity index (χ4n) is 4.49. The summed E-state index contributed by atoms with van der Waals surface area (Å²) in [7, 11) is 0. The summed E-state index contributed by atoms with van der Waals surface area (Å²) in [6, 6.07) is 7.73. The van der Waals surface area contributed by atoms with E-state index in [-0.39, 0.29) is 24.4 Å². The molecule has 2 amide bonds. The average molecular weight is 376 g/mol. The van der Waals surface area contributed by atoms with E-state index in [2.05, 4.69) is 12.2 Å². The normalized spacial score (nSPS) is 28.4. The van der Waals surface area contributed by atoms with E-state index >= 15 is 0 Å². The van der Waals surface area contributed by atoms with Crippen molar-refractivity contribution in [3.63, 3.8) is 0 Å². The molecule has 1 saturated carbocycles. The largest absolute Gasteiger partial charge is 0.328 e. The first-order chi connectivity index (χ1) is 12.5. The molecule has 0 atom stereocenters. The minimum Gasteiger partial charge on any atom is -0.328 e. The minimum atomic E-state index is -0.710. The van der Waals surface area contributed by atoms with Crippen LogP contribution < -0.4 is 5.32 Å². The number of rotatable bonds is 3. The Bertz CT molecular complexity index is 694. The number of carbonyl (C=O) groups is 2. The summed E-state index contributed by atoms with van der Waals surface area (Å²) in [5, 5.41) is 3.89. The predicted molar refractivity (Wildman–Crippen MR) is 101 cm³/mol. The Balaban J connectivity index is 1.55. The molecule has 2 saturated heterocycles. The van der Waals surface area contributed by atoms with Crippen molar-refractivity contribution in [1.82, 2.24) is 15.1 Å². The summed E-state index contributed by atoms with van der Waals surface area (Å²) in [5.74, 6) is 0.909. The molecular formula is C20H26ClN3O2. The number of halogens is 1. The second-order valence-corrected chi connectivity index (χ2v) is 8.52. The van der Waals surface area contributed by atoms with Crippen LogP contribution in [0.1, 0.15) is 38.2 Å². The molecular weight excluding hydrogens is 350 g/mol. The molecule has 0 aromatic heterocycles. The zero-order chi connectivity index (χ0) is 18.3. The van der Waals surface area contributed by atoms with Gasteiger partial charge in [0.25, 0.3) is 5.91 Å². The van der Waals surface area contributed by atoms with Crippen molar-refractivity contribution in [2.75, 3.05) is 19.6 Å². The Morgan fingerprint density at radius 3 is 2.35 bits per heavy atom. The second kappa shape index (κ2) is 6.86. The van der Waals surface area contributed by atoms with Crippen molar-refractivity contribution < 1.29 is 9.59 Å². The standard InChI is InChI=1S/C20H26ClN3O2/c1-14-2-8-17(9-3-14)23-11-18(25)24(20(19(23)26)12-22-13-20)10-15-4-6-16(21)7-5-15/h4-7,14,17,22H,2-3,8-13H2,1H3. The molecule has 1 aliphatic carbocycles. The van der Waals surface area contributed by atoms with Crippen LogP contribution in [-0.4, -0.2) is 52.8 Å². The molecule has 2 heterocycles. The highest BCUT2D eigenvalue weighted by Crippen LogP contribution is 2.35. The number of hydrogen-bond donors (Lipinski definition) is 1. The van der Waals surface area contributed by atoms with E-state index in [0.29, 0.717) is 24.7 Å². The summed E-state index contributed by atoms with van der Waals surface area (Å²) in [6.07, 6.45) is 4.31. The van der Waals surface area contributed by atoms with Crippen LogP contribution in [0.3, 0.4) is 0 Å². The van der Waals surface area contributed by atoms with Crippen LogP contribution in [0.15, 0.2) is 24.3 Å². The number of nitrogens with one attached hydrogen (secondary N) is 1.